The van der Waals surface area contributed by atoms with Gasteiger partial charge in [-0.1, -0.05) is 12.8 Å². The van der Waals surface area contributed by atoms with Gasteiger partial charge in [-0.25, -0.2) is 9.97 Å². The predicted molar refractivity (Wildman–Crippen MR) is 140 cm³/mol. The number of anilines is 1. The van der Waals surface area contributed by atoms with E-state index in [1.807, 2.05) is 23.1 Å². The van der Waals surface area contributed by atoms with Gasteiger partial charge in [-0.2, -0.15) is 5.10 Å². The van der Waals surface area contributed by atoms with E-state index in [4.69, 9.17) is 4.98 Å². The number of likely N-dealkylation sites (N-methyl/N-ethyl adjacent to an activating group) is 1. The normalized spacial score (nSPS) is 21.4. The second-order valence-electron chi connectivity index (χ2n) is 9.21. The van der Waals surface area contributed by atoms with Crippen molar-refractivity contribution in [2.24, 2.45) is 0 Å². The van der Waals surface area contributed by atoms with Crippen LogP contribution in [0.25, 0.3) is 11.1 Å². The Morgan fingerprint density at radius 3 is 2.79 bits per heavy atom. The highest BCUT2D eigenvalue weighted by atomic mass is 127. The molecule has 0 aromatic carbocycles. The van der Waals surface area contributed by atoms with Gasteiger partial charge in [0, 0.05) is 54.0 Å². The number of hydrogen-bond acceptors (Lipinski definition) is 7. The van der Waals surface area contributed by atoms with Crippen LogP contribution in [-0.2, 0) is 5.60 Å². The molecule has 3 N–H and O–H groups in total. The first-order valence-electron chi connectivity index (χ1n) is 11.3. The summed E-state index contributed by atoms with van der Waals surface area (Å²) < 4.78 is 9.20. The van der Waals surface area contributed by atoms with E-state index in [1.165, 1.54) is 0 Å². The van der Waals surface area contributed by atoms with Gasteiger partial charge in [0.1, 0.15) is 11.8 Å². The number of halogens is 1. The van der Waals surface area contributed by atoms with Gasteiger partial charge in [0.2, 0.25) is 5.95 Å². The molecule has 1 aliphatic carbocycles. The van der Waals surface area contributed by atoms with Crippen molar-refractivity contribution in [3.8, 4) is 0 Å². The Morgan fingerprint density at radius 2 is 2.09 bits per heavy atom. The number of fused-ring (bicyclic) bond motifs is 1. The summed E-state index contributed by atoms with van der Waals surface area (Å²) in [6.45, 7) is 4.25. The summed E-state index contributed by atoms with van der Waals surface area (Å²) in [6, 6.07) is 2.27. The molecule has 1 atom stereocenters. The summed E-state index contributed by atoms with van der Waals surface area (Å²) in [5.41, 5.74) is 4.99. The summed E-state index contributed by atoms with van der Waals surface area (Å²) in [6.07, 6.45) is 13.9. The van der Waals surface area contributed by atoms with Crippen LogP contribution in [0, 0.1) is 0 Å². The van der Waals surface area contributed by atoms with Crippen molar-refractivity contribution in [3.05, 3.63) is 59.5 Å². The molecule has 8 nitrogen and oxygen atoms in total. The van der Waals surface area contributed by atoms with Gasteiger partial charge in [0.25, 0.3) is 0 Å². The van der Waals surface area contributed by atoms with Crippen molar-refractivity contribution in [2.75, 3.05) is 10.6 Å². The van der Waals surface area contributed by atoms with Crippen LogP contribution in [0.2, 0.25) is 0 Å². The Hall–Kier alpha value is -2.53. The van der Waals surface area contributed by atoms with Crippen molar-refractivity contribution in [3.63, 3.8) is 0 Å². The predicted octanol–water partition coefficient (Wildman–Crippen LogP) is 3.93. The quantitative estimate of drug-likeness (QED) is 0.365. The van der Waals surface area contributed by atoms with Crippen molar-refractivity contribution in [1.29, 1.82) is 0 Å². The van der Waals surface area contributed by atoms with Gasteiger partial charge < -0.3 is 18.9 Å². The summed E-state index contributed by atoms with van der Waals surface area (Å²) >= 11 is -0.488. The Labute approximate surface area is 204 Å². The van der Waals surface area contributed by atoms with Gasteiger partial charge in [-0.15, -0.1) is 0 Å². The third-order valence-electron chi connectivity index (χ3n) is 6.58. The first kappa shape index (κ1) is 22.3. The standard InChI is InChI=1S/C24H30IN7O/c1-15(2)32-14-17(11-27-32)16-9-18-19(12-26-22(18)31(4)13-16)20-10-21(24(33)7-5-6-8-24)29-23(28-20)30-25-3/h9-15,22,26,33H,3,5-8H2,1-2,4H3,(H,28,29,30). The Kier molecular flexibility index (Phi) is 5.86. The first-order chi connectivity index (χ1) is 15.9. The van der Waals surface area contributed by atoms with Gasteiger partial charge in [-0.3, -0.25) is 4.68 Å². The third-order valence-corrected chi connectivity index (χ3v) is 7.44. The summed E-state index contributed by atoms with van der Waals surface area (Å²) in [4.78, 5) is 11.6. The zero-order valence-electron chi connectivity index (χ0n) is 19.2. The van der Waals surface area contributed by atoms with E-state index >= 15 is 0 Å². The minimum Gasteiger partial charge on any atom is -0.384 e. The fraction of sp³-hybridized carbons (Fsp3) is 0.417. The maximum atomic E-state index is 11.2. The Balaban J connectivity index is 1.54. The molecule has 2 aromatic heterocycles. The van der Waals surface area contributed by atoms with E-state index in [-0.39, 0.29) is 6.17 Å². The molecule has 0 bridgehead atoms. The van der Waals surface area contributed by atoms with Crippen LogP contribution in [0.1, 0.15) is 62.5 Å². The Bertz CT molecular complexity index is 1170. The van der Waals surface area contributed by atoms with Gasteiger partial charge in [0.05, 0.1) is 17.6 Å². The summed E-state index contributed by atoms with van der Waals surface area (Å²) in [5, 5.41) is 19.2. The highest BCUT2D eigenvalue weighted by molar-refractivity contribution is 14.2. The van der Waals surface area contributed by atoms with Crippen LogP contribution in [0.15, 0.2) is 42.5 Å². The molecule has 5 rings (SSSR count). The molecular weight excluding hydrogens is 529 g/mol. The van der Waals surface area contributed by atoms with Crippen LogP contribution >= 0.6 is 21.0 Å². The smallest absolute Gasteiger partial charge is 0.232 e. The average molecular weight is 559 g/mol. The van der Waals surface area contributed by atoms with Crippen LogP contribution < -0.4 is 8.85 Å². The molecule has 33 heavy (non-hydrogen) atoms. The van der Waals surface area contributed by atoms with Crippen molar-refractivity contribution in [2.45, 2.75) is 57.3 Å². The molecule has 1 unspecified atom stereocenters. The van der Waals surface area contributed by atoms with E-state index < -0.39 is 26.6 Å². The van der Waals surface area contributed by atoms with Crippen LogP contribution in [-0.4, -0.2) is 47.5 Å². The van der Waals surface area contributed by atoms with Gasteiger partial charge in [0.15, 0.2) is 0 Å². The average Bonchev–Trinajstić information content (AvgIpc) is 3.53. The molecule has 0 radical (unpaired) electrons. The Morgan fingerprint density at radius 1 is 1.30 bits per heavy atom. The van der Waals surface area contributed by atoms with Gasteiger partial charge >= 0.3 is 0 Å². The molecule has 0 spiro atoms. The highest BCUT2D eigenvalue weighted by Gasteiger charge is 2.37. The molecule has 2 aliphatic heterocycles. The molecule has 0 amide bonds. The minimum absolute atomic E-state index is 0.0357. The lowest BCUT2D eigenvalue weighted by Crippen LogP contribution is -2.38. The number of rotatable bonds is 6. The second-order valence-corrected chi connectivity index (χ2v) is 10.5. The minimum atomic E-state index is -0.881. The lowest BCUT2D eigenvalue weighted by Gasteiger charge is -2.30. The second kappa shape index (κ2) is 8.68. The molecule has 174 valence electrons. The largest absolute Gasteiger partial charge is 0.384 e. The molecule has 4 heterocycles. The van der Waals surface area contributed by atoms with Gasteiger partial charge in [-0.05, 0) is 64.4 Å². The summed E-state index contributed by atoms with van der Waals surface area (Å²) in [5.74, 6) is 0.550. The fourth-order valence-corrected chi connectivity index (χ4v) is 5.35. The number of allylic oxidation sites excluding steroid dienone is 2. The van der Waals surface area contributed by atoms with Crippen molar-refractivity contribution in [1.82, 2.24) is 30.0 Å². The lowest BCUT2D eigenvalue weighted by molar-refractivity contribution is 0.0399. The maximum Gasteiger partial charge on any atom is 0.232 e. The van der Waals surface area contributed by atoms with Crippen LogP contribution in [0.4, 0.5) is 5.95 Å². The topological polar surface area (TPSA) is 91.1 Å². The number of nitrogens with zero attached hydrogens (tertiary/aromatic N) is 5. The van der Waals surface area contributed by atoms with E-state index in [2.05, 4.69) is 67.7 Å². The van der Waals surface area contributed by atoms with E-state index in [9.17, 15) is 5.11 Å². The van der Waals surface area contributed by atoms with E-state index in [0.717, 1.165) is 53.7 Å². The molecule has 3 aliphatic rings. The van der Waals surface area contributed by atoms with E-state index in [1.54, 1.807) is 0 Å². The summed E-state index contributed by atoms with van der Waals surface area (Å²) in [7, 11) is 2.07. The number of aromatic nitrogens is 4. The van der Waals surface area contributed by atoms with Crippen molar-refractivity contribution >= 4 is 42.6 Å². The zero-order valence-corrected chi connectivity index (χ0v) is 21.4. The molecular formula is C24H30IN7O. The zero-order chi connectivity index (χ0) is 23.2. The lowest BCUT2D eigenvalue weighted by atomic mass is 9.93. The number of aliphatic hydroxyl groups is 1. The van der Waals surface area contributed by atoms with Crippen LogP contribution in [0.5, 0.6) is 0 Å². The molecule has 9 heteroatoms. The SMILES string of the molecule is C=INc1nc(C2=CNC3C2=CC(c2cnn(C(C)C)c2)=CN3C)cc(C2(O)CCCC2)n1. The van der Waals surface area contributed by atoms with Crippen molar-refractivity contribution < 1.29 is 5.11 Å². The third kappa shape index (κ3) is 4.12. The monoisotopic (exact) mass is 559 g/mol. The highest BCUT2D eigenvalue weighted by Crippen LogP contribution is 2.41. The fourth-order valence-electron chi connectivity index (χ4n) is 4.77. The molecule has 0 saturated heterocycles. The molecule has 2 aromatic rings. The number of nitrogens with one attached hydrogen (secondary N) is 2. The molecule has 1 saturated carbocycles. The first-order valence-corrected chi connectivity index (χ1v) is 13.9. The van der Waals surface area contributed by atoms with Crippen LogP contribution in [0.3, 0.4) is 0 Å². The molecule has 1 fully saturated rings. The number of hydrogen-bond donors (Lipinski definition) is 3. The maximum absolute atomic E-state index is 11.2. The van der Waals surface area contributed by atoms with E-state index in [0.29, 0.717) is 17.7 Å².